The molecule has 3 N–H and O–H groups in total. The number of hydrogen-bond acceptors (Lipinski definition) is 5. The molecule has 0 aromatic rings. The number of allylic oxidation sites excluding steroid dienone is 4. The van der Waals surface area contributed by atoms with E-state index in [0.29, 0.717) is 25.9 Å². The lowest BCUT2D eigenvalue weighted by atomic mass is 10.0. The molecule has 0 saturated carbocycles. The van der Waals surface area contributed by atoms with Gasteiger partial charge in [-0.3, -0.25) is 9.59 Å². The summed E-state index contributed by atoms with van der Waals surface area (Å²) in [5.41, 5.74) is 0. The van der Waals surface area contributed by atoms with Crippen LogP contribution in [-0.4, -0.2) is 47.4 Å². The van der Waals surface area contributed by atoms with E-state index in [2.05, 4.69) is 43.5 Å². The second-order valence-electron chi connectivity index (χ2n) is 21.4. The van der Waals surface area contributed by atoms with E-state index >= 15 is 0 Å². The monoisotopic (exact) mass is 972 g/mol. The first kappa shape index (κ1) is 67.3. The lowest BCUT2D eigenvalue weighted by molar-refractivity contribution is -0.143. The Morgan fingerprint density at radius 1 is 0.406 bits per heavy atom. The molecular weight excluding hydrogens is 851 g/mol. The first-order valence-electron chi connectivity index (χ1n) is 31.1. The summed E-state index contributed by atoms with van der Waals surface area (Å²) >= 11 is 0. The quantitative estimate of drug-likeness (QED) is 0.0321. The summed E-state index contributed by atoms with van der Waals surface area (Å²) in [6, 6.07) is -0.554. The SMILES string of the molecule is CCCCCCCCCCCCCCCCCCCCCCCC(O)C(CO)NC(=O)CCCCCCCCC/C=C\C/C=C\CCCCCOC(=O)CCCCCCCCCCCCCCCC. The Bertz CT molecular complexity index is 1080. The van der Waals surface area contributed by atoms with Crippen LogP contribution in [0.2, 0.25) is 0 Å². The highest BCUT2D eigenvalue weighted by atomic mass is 16.5. The third-order valence-electron chi connectivity index (χ3n) is 14.5. The van der Waals surface area contributed by atoms with Gasteiger partial charge in [-0.05, 0) is 64.2 Å². The second kappa shape index (κ2) is 58.9. The molecule has 6 heteroatoms. The summed E-state index contributed by atoms with van der Waals surface area (Å²) in [6.45, 7) is 4.94. The zero-order valence-corrected chi connectivity index (χ0v) is 46.6. The second-order valence-corrected chi connectivity index (χ2v) is 21.4. The van der Waals surface area contributed by atoms with Crippen LogP contribution in [0.3, 0.4) is 0 Å². The van der Waals surface area contributed by atoms with Crippen LogP contribution in [0.25, 0.3) is 0 Å². The number of ether oxygens (including phenoxy) is 1. The Morgan fingerprint density at radius 3 is 1.10 bits per heavy atom. The van der Waals surface area contributed by atoms with E-state index in [1.807, 2.05) is 0 Å². The number of aliphatic hydroxyl groups is 2. The van der Waals surface area contributed by atoms with Crippen molar-refractivity contribution < 1.29 is 24.5 Å². The van der Waals surface area contributed by atoms with E-state index < -0.39 is 12.1 Å². The number of rotatable bonds is 58. The molecule has 6 nitrogen and oxygen atoms in total. The number of nitrogens with one attached hydrogen (secondary N) is 1. The zero-order valence-electron chi connectivity index (χ0n) is 46.6. The van der Waals surface area contributed by atoms with Gasteiger partial charge in [0.1, 0.15) is 0 Å². The summed E-state index contributed by atoms with van der Waals surface area (Å²) in [5.74, 6) is -0.0603. The predicted molar refractivity (Wildman–Crippen MR) is 301 cm³/mol. The Hall–Kier alpha value is -1.66. The maximum absolute atomic E-state index is 12.5. The van der Waals surface area contributed by atoms with Crippen LogP contribution in [0.15, 0.2) is 24.3 Å². The van der Waals surface area contributed by atoms with Gasteiger partial charge in [0, 0.05) is 12.8 Å². The molecule has 2 unspecified atom stereocenters. The van der Waals surface area contributed by atoms with Crippen molar-refractivity contribution in [3.8, 4) is 0 Å². The van der Waals surface area contributed by atoms with Gasteiger partial charge in [-0.1, -0.05) is 289 Å². The molecule has 0 heterocycles. The standard InChI is InChI=1S/C63H121NO5/c1-3-5-7-9-11-13-15-17-19-20-21-22-23-25-28-31-35-39-43-47-51-55-61(66)60(59-65)64-62(67)56-52-48-44-40-36-32-29-26-24-27-30-34-38-42-46-50-54-58-69-63(68)57-53-49-45-41-37-33-18-16-14-12-10-8-6-4-2/h24,27,34,38,60-61,65-66H,3-23,25-26,28-33,35-37,39-59H2,1-2H3,(H,64,67)/b27-24-,38-34-. The van der Waals surface area contributed by atoms with Gasteiger partial charge in [0.15, 0.2) is 0 Å². The summed E-state index contributed by atoms with van der Waals surface area (Å²) in [5, 5.41) is 23.4. The molecule has 69 heavy (non-hydrogen) atoms. The number of hydrogen-bond donors (Lipinski definition) is 3. The summed E-state index contributed by atoms with van der Waals surface area (Å²) in [4.78, 5) is 24.5. The highest BCUT2D eigenvalue weighted by molar-refractivity contribution is 5.76. The fourth-order valence-corrected chi connectivity index (χ4v) is 9.73. The van der Waals surface area contributed by atoms with Crippen molar-refractivity contribution in [2.75, 3.05) is 13.2 Å². The first-order chi connectivity index (χ1) is 34.0. The van der Waals surface area contributed by atoms with Gasteiger partial charge in [-0.25, -0.2) is 0 Å². The van der Waals surface area contributed by atoms with E-state index in [1.54, 1.807) is 0 Å². The van der Waals surface area contributed by atoms with Crippen LogP contribution >= 0.6 is 0 Å². The van der Waals surface area contributed by atoms with Crippen molar-refractivity contribution in [1.82, 2.24) is 5.32 Å². The van der Waals surface area contributed by atoms with Crippen molar-refractivity contribution in [2.45, 2.75) is 353 Å². The van der Waals surface area contributed by atoms with Crippen LogP contribution in [0, 0.1) is 0 Å². The number of unbranched alkanes of at least 4 members (excludes halogenated alkanes) is 43. The van der Waals surface area contributed by atoms with Crippen molar-refractivity contribution in [3.05, 3.63) is 24.3 Å². The minimum Gasteiger partial charge on any atom is -0.466 e. The van der Waals surface area contributed by atoms with Crippen LogP contribution in [0.1, 0.15) is 341 Å². The molecule has 0 aromatic heterocycles. The number of esters is 1. The van der Waals surface area contributed by atoms with Gasteiger partial charge in [-0.15, -0.1) is 0 Å². The topological polar surface area (TPSA) is 95.9 Å². The molecule has 0 aliphatic heterocycles. The van der Waals surface area contributed by atoms with Crippen molar-refractivity contribution in [1.29, 1.82) is 0 Å². The molecule has 0 saturated heterocycles. The average Bonchev–Trinajstić information content (AvgIpc) is 3.35. The van der Waals surface area contributed by atoms with Gasteiger partial charge in [0.05, 0.1) is 25.4 Å². The van der Waals surface area contributed by atoms with Crippen molar-refractivity contribution in [3.63, 3.8) is 0 Å². The molecule has 1 amide bonds. The minimum atomic E-state index is -0.676. The molecule has 0 bridgehead atoms. The third kappa shape index (κ3) is 55.5. The largest absolute Gasteiger partial charge is 0.466 e. The van der Waals surface area contributed by atoms with E-state index in [9.17, 15) is 19.8 Å². The zero-order chi connectivity index (χ0) is 50.0. The number of amides is 1. The van der Waals surface area contributed by atoms with Crippen molar-refractivity contribution >= 4 is 11.9 Å². The van der Waals surface area contributed by atoms with E-state index in [1.165, 1.54) is 225 Å². The highest BCUT2D eigenvalue weighted by Crippen LogP contribution is 2.18. The molecule has 0 aliphatic carbocycles. The van der Waals surface area contributed by atoms with Crippen LogP contribution < -0.4 is 5.32 Å². The predicted octanol–water partition coefficient (Wildman–Crippen LogP) is 19.4. The summed E-state index contributed by atoms with van der Waals surface area (Å²) in [6.07, 6.45) is 71.8. The maximum Gasteiger partial charge on any atom is 0.305 e. The molecule has 2 atom stereocenters. The number of carbonyl (C=O) groups is 2. The molecule has 0 fully saturated rings. The van der Waals surface area contributed by atoms with Gasteiger partial charge >= 0.3 is 5.97 Å². The van der Waals surface area contributed by atoms with E-state index in [0.717, 1.165) is 83.5 Å². The fraction of sp³-hybridized carbons (Fsp3) is 0.905. The normalized spacial score (nSPS) is 12.7. The van der Waals surface area contributed by atoms with E-state index in [-0.39, 0.29) is 18.5 Å². The van der Waals surface area contributed by atoms with Gasteiger partial charge in [0.25, 0.3) is 0 Å². The maximum atomic E-state index is 12.5. The van der Waals surface area contributed by atoms with Crippen molar-refractivity contribution in [2.24, 2.45) is 0 Å². The Labute approximate surface area is 431 Å². The Kier molecular flexibility index (Phi) is 57.5. The minimum absolute atomic E-state index is 0.0125. The molecule has 0 spiro atoms. The first-order valence-corrected chi connectivity index (χ1v) is 31.1. The number of aliphatic hydroxyl groups excluding tert-OH is 2. The van der Waals surface area contributed by atoms with E-state index in [4.69, 9.17) is 4.74 Å². The molecule has 0 radical (unpaired) electrons. The third-order valence-corrected chi connectivity index (χ3v) is 14.5. The van der Waals surface area contributed by atoms with Gasteiger partial charge < -0.3 is 20.3 Å². The lowest BCUT2D eigenvalue weighted by Gasteiger charge is -2.22. The lowest BCUT2D eigenvalue weighted by Crippen LogP contribution is -2.45. The van der Waals surface area contributed by atoms with Crippen LogP contribution in [-0.2, 0) is 14.3 Å². The molecule has 0 aliphatic rings. The smallest absolute Gasteiger partial charge is 0.305 e. The van der Waals surface area contributed by atoms with Crippen LogP contribution in [0.4, 0.5) is 0 Å². The number of carbonyl (C=O) groups excluding carboxylic acids is 2. The summed E-state index contributed by atoms with van der Waals surface area (Å²) < 4.78 is 5.46. The average molecular weight is 973 g/mol. The molecule has 0 aromatic carbocycles. The molecule has 0 rings (SSSR count). The highest BCUT2D eigenvalue weighted by Gasteiger charge is 2.20. The van der Waals surface area contributed by atoms with Gasteiger partial charge in [-0.2, -0.15) is 0 Å². The Morgan fingerprint density at radius 2 is 0.725 bits per heavy atom. The Balaban J connectivity index is 3.48. The van der Waals surface area contributed by atoms with Crippen LogP contribution in [0.5, 0.6) is 0 Å². The molecule has 408 valence electrons. The fourth-order valence-electron chi connectivity index (χ4n) is 9.73. The van der Waals surface area contributed by atoms with Gasteiger partial charge in [0.2, 0.25) is 5.91 Å². The molecular formula is C63H121NO5. The summed E-state index contributed by atoms with van der Waals surface area (Å²) in [7, 11) is 0.